The smallest absolute Gasteiger partial charge is 0.261 e. The molecule has 0 bridgehead atoms. The molecule has 0 unspecified atom stereocenters. The third-order valence-corrected chi connectivity index (χ3v) is 5.87. The third kappa shape index (κ3) is 3.34. The summed E-state index contributed by atoms with van der Waals surface area (Å²) in [5, 5.41) is 1.52. The number of anilines is 1. The Morgan fingerprint density at radius 2 is 1.69 bits per heavy atom. The Morgan fingerprint density at radius 1 is 1.00 bits per heavy atom. The molecule has 5 nitrogen and oxygen atoms in total. The van der Waals surface area contributed by atoms with E-state index in [1.165, 1.54) is 11.8 Å². The molecule has 0 aliphatic carbocycles. The number of aryl methyl sites for hydroxylation is 1. The lowest BCUT2D eigenvalue weighted by molar-refractivity contribution is -0.116. The first-order valence-electron chi connectivity index (χ1n) is 9.30. The Kier molecular flexibility index (Phi) is 4.96. The van der Waals surface area contributed by atoms with Crippen LogP contribution >= 0.6 is 15.9 Å². The number of benzene rings is 3. The maximum atomic E-state index is 13.1. The first-order valence-corrected chi connectivity index (χ1v) is 10.1. The van der Waals surface area contributed by atoms with Crippen LogP contribution in [-0.2, 0) is 4.79 Å². The Morgan fingerprint density at radius 3 is 2.38 bits per heavy atom. The molecule has 0 N–H and O–H groups in total. The van der Waals surface area contributed by atoms with E-state index in [-0.39, 0.29) is 30.8 Å². The van der Waals surface area contributed by atoms with Gasteiger partial charge in [-0.2, -0.15) is 0 Å². The average molecular weight is 451 g/mol. The molecule has 6 heteroatoms. The molecule has 0 spiro atoms. The largest absolute Gasteiger partial charge is 0.311 e. The highest BCUT2D eigenvalue weighted by atomic mass is 79.9. The summed E-state index contributed by atoms with van der Waals surface area (Å²) in [4.78, 5) is 41.2. The fourth-order valence-electron chi connectivity index (χ4n) is 3.78. The molecular weight excluding hydrogens is 432 g/mol. The minimum absolute atomic E-state index is 0.122. The summed E-state index contributed by atoms with van der Waals surface area (Å²) in [5.41, 5.74) is 2.79. The number of carbonyl (C=O) groups is 3. The van der Waals surface area contributed by atoms with Crippen molar-refractivity contribution >= 4 is 50.1 Å². The van der Waals surface area contributed by atoms with Gasteiger partial charge < -0.3 is 4.90 Å². The van der Waals surface area contributed by atoms with Crippen molar-refractivity contribution in [2.24, 2.45) is 0 Å². The van der Waals surface area contributed by atoms with Crippen molar-refractivity contribution in [2.45, 2.75) is 13.8 Å². The number of nitrogens with zero attached hydrogens (tertiary/aromatic N) is 2. The maximum absolute atomic E-state index is 13.1. The minimum Gasteiger partial charge on any atom is -0.311 e. The van der Waals surface area contributed by atoms with E-state index >= 15 is 0 Å². The number of hydrogen-bond donors (Lipinski definition) is 0. The number of rotatable bonds is 4. The number of carbonyl (C=O) groups excluding carboxylic acids is 3. The van der Waals surface area contributed by atoms with Crippen molar-refractivity contribution in [1.82, 2.24) is 4.90 Å². The van der Waals surface area contributed by atoms with Crippen molar-refractivity contribution in [1.29, 1.82) is 0 Å². The van der Waals surface area contributed by atoms with Gasteiger partial charge in [0.25, 0.3) is 11.8 Å². The molecule has 29 heavy (non-hydrogen) atoms. The summed E-state index contributed by atoms with van der Waals surface area (Å²) < 4.78 is 0.842. The van der Waals surface area contributed by atoms with E-state index in [4.69, 9.17) is 0 Å². The van der Waals surface area contributed by atoms with Crippen molar-refractivity contribution < 1.29 is 14.4 Å². The second-order valence-electron chi connectivity index (χ2n) is 7.09. The van der Waals surface area contributed by atoms with Gasteiger partial charge in [0.15, 0.2) is 0 Å². The lowest BCUT2D eigenvalue weighted by Crippen LogP contribution is -2.45. The highest BCUT2D eigenvalue weighted by Crippen LogP contribution is 2.34. The Hall–Kier alpha value is -2.99. The van der Waals surface area contributed by atoms with Gasteiger partial charge in [-0.05, 0) is 48.2 Å². The van der Waals surface area contributed by atoms with Gasteiger partial charge in [-0.3, -0.25) is 19.3 Å². The molecule has 0 saturated heterocycles. The second-order valence-corrected chi connectivity index (χ2v) is 7.95. The van der Waals surface area contributed by atoms with Gasteiger partial charge in [-0.1, -0.05) is 40.2 Å². The highest BCUT2D eigenvalue weighted by Gasteiger charge is 2.33. The van der Waals surface area contributed by atoms with Gasteiger partial charge in [-0.25, -0.2) is 0 Å². The Labute approximate surface area is 177 Å². The molecule has 3 aromatic rings. The van der Waals surface area contributed by atoms with E-state index in [2.05, 4.69) is 15.9 Å². The normalized spacial score (nSPS) is 13.1. The number of halogens is 1. The summed E-state index contributed by atoms with van der Waals surface area (Å²) in [7, 11) is 0. The first kappa shape index (κ1) is 19.3. The molecule has 3 aromatic carbocycles. The quantitative estimate of drug-likeness (QED) is 0.547. The molecule has 1 heterocycles. The van der Waals surface area contributed by atoms with Gasteiger partial charge in [0, 0.05) is 46.7 Å². The topological polar surface area (TPSA) is 57.7 Å². The van der Waals surface area contributed by atoms with Crippen molar-refractivity contribution in [3.63, 3.8) is 0 Å². The molecule has 4 rings (SSSR count). The summed E-state index contributed by atoms with van der Waals surface area (Å²) in [6, 6.07) is 16.6. The molecule has 0 atom stereocenters. The number of imide groups is 1. The van der Waals surface area contributed by atoms with Crippen LogP contribution in [0.4, 0.5) is 5.69 Å². The molecule has 0 radical (unpaired) electrons. The fourth-order valence-corrected chi connectivity index (χ4v) is 4.24. The fraction of sp³-hybridized carbons (Fsp3) is 0.174. The van der Waals surface area contributed by atoms with Gasteiger partial charge in [-0.15, -0.1) is 0 Å². The monoisotopic (exact) mass is 450 g/mol. The molecule has 146 valence electrons. The lowest BCUT2D eigenvalue weighted by Gasteiger charge is -2.30. The van der Waals surface area contributed by atoms with E-state index in [0.29, 0.717) is 16.5 Å². The first-order chi connectivity index (χ1) is 13.9. The van der Waals surface area contributed by atoms with Crippen LogP contribution in [0.25, 0.3) is 10.8 Å². The van der Waals surface area contributed by atoms with Crippen LogP contribution in [0.5, 0.6) is 0 Å². The van der Waals surface area contributed by atoms with E-state index in [1.807, 2.05) is 49.4 Å². The summed E-state index contributed by atoms with van der Waals surface area (Å²) in [6.45, 7) is 3.79. The van der Waals surface area contributed by atoms with E-state index in [1.54, 1.807) is 17.0 Å². The van der Waals surface area contributed by atoms with Crippen molar-refractivity contribution in [3.05, 3.63) is 75.8 Å². The molecular formula is C23H19BrN2O3. The standard InChI is InChI=1S/C23H19BrN2O3/c1-14-5-3-6-16(13-14)25(15(2)27)11-12-26-22(28)18-8-4-7-17-20(24)10-9-19(21(17)18)23(26)29/h3-10,13H,11-12H2,1-2H3. The Bertz CT molecular complexity index is 1150. The van der Waals surface area contributed by atoms with E-state index in [0.717, 1.165) is 21.1 Å². The van der Waals surface area contributed by atoms with Crippen LogP contribution in [-0.4, -0.2) is 35.7 Å². The maximum Gasteiger partial charge on any atom is 0.261 e. The van der Waals surface area contributed by atoms with Gasteiger partial charge >= 0.3 is 0 Å². The predicted molar refractivity (Wildman–Crippen MR) is 116 cm³/mol. The molecule has 1 aliphatic heterocycles. The third-order valence-electron chi connectivity index (χ3n) is 5.18. The molecule has 0 aromatic heterocycles. The van der Waals surface area contributed by atoms with Gasteiger partial charge in [0.2, 0.25) is 5.91 Å². The van der Waals surface area contributed by atoms with Crippen LogP contribution < -0.4 is 4.90 Å². The van der Waals surface area contributed by atoms with E-state index < -0.39 is 0 Å². The second kappa shape index (κ2) is 7.44. The SMILES string of the molecule is CC(=O)N(CCN1C(=O)c2cccc3c(Br)ccc(c23)C1=O)c1cccc(C)c1. The minimum atomic E-state index is -0.334. The predicted octanol–water partition coefficient (Wildman–Crippen LogP) is 4.56. The van der Waals surface area contributed by atoms with E-state index in [9.17, 15) is 14.4 Å². The van der Waals surface area contributed by atoms with Crippen LogP contribution in [0.1, 0.15) is 33.2 Å². The zero-order valence-electron chi connectivity index (χ0n) is 16.1. The van der Waals surface area contributed by atoms with Crippen LogP contribution in [0.15, 0.2) is 59.1 Å². The zero-order valence-corrected chi connectivity index (χ0v) is 17.7. The lowest BCUT2D eigenvalue weighted by atomic mass is 9.94. The molecule has 1 aliphatic rings. The van der Waals surface area contributed by atoms with Crippen molar-refractivity contribution in [2.75, 3.05) is 18.0 Å². The van der Waals surface area contributed by atoms with Gasteiger partial charge in [0.1, 0.15) is 0 Å². The van der Waals surface area contributed by atoms with Gasteiger partial charge in [0.05, 0.1) is 0 Å². The van der Waals surface area contributed by atoms with Crippen molar-refractivity contribution in [3.8, 4) is 0 Å². The average Bonchev–Trinajstić information content (AvgIpc) is 2.69. The number of amides is 3. The Balaban J connectivity index is 1.66. The zero-order chi connectivity index (χ0) is 20.7. The summed E-state index contributed by atoms with van der Waals surface area (Å²) in [6.07, 6.45) is 0. The van der Waals surface area contributed by atoms with Crippen LogP contribution in [0.2, 0.25) is 0 Å². The summed E-state index contributed by atoms with van der Waals surface area (Å²) >= 11 is 3.49. The van der Waals surface area contributed by atoms with Crippen LogP contribution in [0, 0.1) is 6.92 Å². The molecule has 3 amide bonds. The number of hydrogen-bond acceptors (Lipinski definition) is 3. The highest BCUT2D eigenvalue weighted by molar-refractivity contribution is 9.10. The van der Waals surface area contributed by atoms with Crippen LogP contribution in [0.3, 0.4) is 0 Å². The summed E-state index contributed by atoms with van der Waals surface area (Å²) in [5.74, 6) is -0.808. The molecule has 0 fully saturated rings. The molecule has 0 saturated carbocycles.